The number of esters is 2. The number of ether oxygens (including phenoxy) is 4. The fourth-order valence-corrected chi connectivity index (χ4v) is 6.65. The van der Waals surface area contributed by atoms with Crippen LogP contribution in [0, 0.1) is 0 Å². The van der Waals surface area contributed by atoms with E-state index >= 15 is 0 Å². The molecule has 2 aliphatic heterocycles. The Morgan fingerprint density at radius 2 is 1.25 bits per heavy atom. The van der Waals surface area contributed by atoms with Crippen molar-refractivity contribution in [3.05, 3.63) is 185 Å². The van der Waals surface area contributed by atoms with Crippen LogP contribution in [0.15, 0.2) is 151 Å². The van der Waals surface area contributed by atoms with Gasteiger partial charge in [0.2, 0.25) is 0 Å². The Labute approximate surface area is 299 Å². The molecule has 0 aliphatic carbocycles. The predicted octanol–water partition coefficient (Wildman–Crippen LogP) is 8.41. The second-order valence-corrected chi connectivity index (χ2v) is 12.0. The summed E-state index contributed by atoms with van der Waals surface area (Å²) >= 11 is 0. The van der Waals surface area contributed by atoms with Gasteiger partial charge < -0.3 is 18.9 Å². The Bertz CT molecular complexity index is 2380. The number of benzene rings is 6. The number of hydrogen-bond acceptors (Lipinski definition) is 8. The molecule has 0 saturated heterocycles. The van der Waals surface area contributed by atoms with Gasteiger partial charge in [0.1, 0.15) is 34.3 Å². The second-order valence-electron chi connectivity index (χ2n) is 12.0. The molecule has 9 heteroatoms. The van der Waals surface area contributed by atoms with E-state index in [1.165, 1.54) is 11.2 Å². The second kappa shape index (κ2) is 13.4. The largest absolute Gasteiger partial charge is 0.494 e. The number of fused-ring (bicyclic) bond motifs is 6. The van der Waals surface area contributed by atoms with Crippen LogP contribution in [0.1, 0.15) is 60.3 Å². The van der Waals surface area contributed by atoms with E-state index < -0.39 is 17.5 Å². The molecule has 0 fully saturated rings. The van der Waals surface area contributed by atoms with Crippen molar-refractivity contribution >= 4 is 24.1 Å². The van der Waals surface area contributed by atoms with E-state index in [1.54, 1.807) is 109 Å². The molecule has 2 heterocycles. The van der Waals surface area contributed by atoms with Crippen LogP contribution in [0.5, 0.6) is 28.7 Å². The molecule has 52 heavy (non-hydrogen) atoms. The predicted molar refractivity (Wildman–Crippen MR) is 193 cm³/mol. The maximum atomic E-state index is 14.5. The first-order chi connectivity index (χ1) is 25.5. The molecule has 9 nitrogen and oxygen atoms in total. The zero-order chi connectivity index (χ0) is 35.7. The van der Waals surface area contributed by atoms with E-state index in [-0.39, 0.29) is 17.4 Å². The minimum absolute atomic E-state index is 0.258. The van der Waals surface area contributed by atoms with Crippen LogP contribution in [-0.2, 0) is 5.54 Å². The van der Waals surface area contributed by atoms with Crippen molar-refractivity contribution in [2.45, 2.75) is 12.5 Å². The molecule has 6 aromatic rings. The Balaban J connectivity index is 1.26. The van der Waals surface area contributed by atoms with Gasteiger partial charge in [-0.25, -0.2) is 14.6 Å². The van der Waals surface area contributed by atoms with Gasteiger partial charge in [-0.05, 0) is 73.7 Å². The summed E-state index contributed by atoms with van der Waals surface area (Å²) in [6.45, 7) is 2.33. The minimum atomic E-state index is -1.31. The average Bonchev–Trinajstić information content (AvgIpc) is 3.42. The van der Waals surface area contributed by atoms with Crippen LogP contribution in [0.4, 0.5) is 0 Å². The lowest BCUT2D eigenvalue weighted by Gasteiger charge is -2.41. The van der Waals surface area contributed by atoms with Gasteiger partial charge in [0, 0.05) is 39.9 Å². The average molecular weight is 687 g/mol. The molecule has 1 unspecified atom stereocenters. The molecular formula is C43H30N2O7. The highest BCUT2D eigenvalue weighted by molar-refractivity contribution is 6.03. The lowest BCUT2D eigenvalue weighted by molar-refractivity contribution is 0.0672. The standard InChI is InChI=1S/C43H30N2O7/c1-2-49-31-21-23-35-38(25-31)51-39-26-32(50-41(47)28-13-5-3-6-14-28)22-24-36(39)43(35)34-19-11-10-18-33(34)40(46)45(43)44-27-30-17-9-12-20-37(30)52-42(48)29-15-7-4-8-16-29/h3-27H,2H2,1H3/b44-27+. The zero-order valence-electron chi connectivity index (χ0n) is 27.9. The van der Waals surface area contributed by atoms with Crippen molar-refractivity contribution in [2.75, 3.05) is 6.61 Å². The fraction of sp³-hybridized carbons (Fsp3) is 0.0698. The van der Waals surface area contributed by atoms with Crippen LogP contribution in [0.25, 0.3) is 0 Å². The Kier molecular flexibility index (Phi) is 8.29. The normalized spacial score (nSPS) is 15.4. The summed E-state index contributed by atoms with van der Waals surface area (Å²) < 4.78 is 23.9. The highest BCUT2D eigenvalue weighted by atomic mass is 16.5. The minimum Gasteiger partial charge on any atom is -0.494 e. The Morgan fingerprint density at radius 1 is 0.673 bits per heavy atom. The number of nitrogens with zero attached hydrogens (tertiary/aromatic N) is 2. The van der Waals surface area contributed by atoms with E-state index in [2.05, 4.69) is 0 Å². The van der Waals surface area contributed by atoms with Gasteiger partial charge in [0.25, 0.3) is 5.91 Å². The summed E-state index contributed by atoms with van der Waals surface area (Å²) in [7, 11) is 0. The van der Waals surface area contributed by atoms with Gasteiger partial charge in [0.15, 0.2) is 0 Å². The molecule has 254 valence electrons. The van der Waals surface area contributed by atoms with Crippen molar-refractivity contribution in [2.24, 2.45) is 5.10 Å². The summed E-state index contributed by atoms with van der Waals surface area (Å²) in [6.07, 6.45) is 1.51. The lowest BCUT2D eigenvalue weighted by Crippen LogP contribution is -2.44. The molecule has 1 amide bonds. The topological polar surface area (TPSA) is 104 Å². The van der Waals surface area contributed by atoms with E-state index in [0.717, 1.165) is 0 Å². The number of hydrazone groups is 1. The quantitative estimate of drug-likeness (QED) is 0.0900. The third-order valence-electron chi connectivity index (χ3n) is 8.94. The highest BCUT2D eigenvalue weighted by Crippen LogP contribution is 2.58. The van der Waals surface area contributed by atoms with Crippen molar-refractivity contribution in [3.8, 4) is 28.7 Å². The van der Waals surface area contributed by atoms with Crippen molar-refractivity contribution < 1.29 is 33.3 Å². The molecule has 1 spiro atoms. The number of carbonyl (C=O) groups is 3. The summed E-state index contributed by atoms with van der Waals surface area (Å²) in [4.78, 5) is 40.5. The van der Waals surface area contributed by atoms with E-state index in [9.17, 15) is 14.4 Å². The number of amides is 1. The Hall–Kier alpha value is -7.00. The van der Waals surface area contributed by atoms with Crippen LogP contribution >= 0.6 is 0 Å². The lowest BCUT2D eigenvalue weighted by atomic mass is 9.75. The maximum absolute atomic E-state index is 14.5. The summed E-state index contributed by atoms with van der Waals surface area (Å²) in [5, 5.41) is 6.30. The molecule has 0 N–H and O–H groups in total. The molecule has 0 aromatic heterocycles. The monoisotopic (exact) mass is 686 g/mol. The number of hydrogen-bond donors (Lipinski definition) is 0. The molecule has 8 rings (SSSR count). The van der Waals surface area contributed by atoms with Gasteiger partial charge in [-0.1, -0.05) is 66.7 Å². The van der Waals surface area contributed by atoms with Gasteiger partial charge in [-0.15, -0.1) is 0 Å². The fourth-order valence-electron chi connectivity index (χ4n) is 6.65. The zero-order valence-corrected chi connectivity index (χ0v) is 27.9. The van der Waals surface area contributed by atoms with Crippen LogP contribution < -0.4 is 18.9 Å². The molecule has 1 atom stereocenters. The molecule has 0 saturated carbocycles. The molecule has 2 aliphatic rings. The van der Waals surface area contributed by atoms with Crippen molar-refractivity contribution in [3.63, 3.8) is 0 Å². The van der Waals surface area contributed by atoms with Gasteiger partial charge in [-0.3, -0.25) is 4.79 Å². The maximum Gasteiger partial charge on any atom is 0.343 e. The first-order valence-corrected chi connectivity index (χ1v) is 16.7. The SMILES string of the molecule is CCOc1ccc2c(c1)Oc1cc(OC(=O)c3ccccc3)ccc1C21c2ccccc2C(=O)N1/N=C/c1ccccc1OC(=O)c1ccccc1. The molecule has 6 aromatic carbocycles. The Morgan fingerprint density at radius 3 is 1.94 bits per heavy atom. The summed E-state index contributed by atoms with van der Waals surface area (Å²) in [5.74, 6) is 0.513. The van der Waals surface area contributed by atoms with E-state index in [0.29, 0.717) is 62.8 Å². The molecule has 0 bridgehead atoms. The van der Waals surface area contributed by atoms with Crippen molar-refractivity contribution in [1.29, 1.82) is 0 Å². The molecular weight excluding hydrogens is 656 g/mol. The highest BCUT2D eigenvalue weighted by Gasteiger charge is 2.57. The van der Waals surface area contributed by atoms with Crippen LogP contribution in [0.3, 0.4) is 0 Å². The van der Waals surface area contributed by atoms with E-state index in [1.807, 2.05) is 43.3 Å². The van der Waals surface area contributed by atoms with Gasteiger partial charge in [0.05, 0.1) is 23.9 Å². The summed E-state index contributed by atoms with van der Waals surface area (Å²) in [6, 6.07) is 42.3. The third-order valence-corrected chi connectivity index (χ3v) is 8.94. The number of para-hydroxylation sites is 1. The van der Waals surface area contributed by atoms with Gasteiger partial charge >= 0.3 is 11.9 Å². The van der Waals surface area contributed by atoms with Crippen LogP contribution in [0.2, 0.25) is 0 Å². The third kappa shape index (κ3) is 5.54. The first-order valence-electron chi connectivity index (χ1n) is 16.7. The number of carbonyl (C=O) groups excluding carboxylic acids is 3. The smallest absolute Gasteiger partial charge is 0.343 e. The van der Waals surface area contributed by atoms with Crippen molar-refractivity contribution in [1.82, 2.24) is 5.01 Å². The van der Waals surface area contributed by atoms with Gasteiger partial charge in [-0.2, -0.15) is 5.10 Å². The summed E-state index contributed by atoms with van der Waals surface area (Å²) in [5.41, 5.74) is 2.35. The molecule has 0 radical (unpaired) electrons. The number of rotatable bonds is 8. The first kappa shape index (κ1) is 32.2. The van der Waals surface area contributed by atoms with E-state index in [4.69, 9.17) is 24.0 Å². The van der Waals surface area contributed by atoms with Crippen LogP contribution in [-0.4, -0.2) is 35.7 Å².